The van der Waals surface area contributed by atoms with Gasteiger partial charge in [0.2, 0.25) is 5.91 Å². The minimum atomic E-state index is -0.277. The summed E-state index contributed by atoms with van der Waals surface area (Å²) in [6, 6.07) is 1.79. The van der Waals surface area contributed by atoms with Crippen LogP contribution in [-0.2, 0) is 9.59 Å². The molecular formula is C13H11N5O2S. The van der Waals surface area contributed by atoms with Gasteiger partial charge in [0.1, 0.15) is 11.3 Å². The van der Waals surface area contributed by atoms with Crippen LogP contribution in [0.1, 0.15) is 12.5 Å². The molecule has 0 unspecified atom stereocenters. The second-order valence-electron chi connectivity index (χ2n) is 4.51. The van der Waals surface area contributed by atoms with E-state index in [1.54, 1.807) is 24.5 Å². The van der Waals surface area contributed by atoms with E-state index >= 15 is 0 Å². The molecule has 2 aromatic rings. The topological polar surface area (TPSA) is 98.9 Å². The first-order chi connectivity index (χ1) is 10.0. The summed E-state index contributed by atoms with van der Waals surface area (Å²) in [4.78, 5) is 30.0. The van der Waals surface area contributed by atoms with Crippen molar-refractivity contribution in [2.24, 2.45) is 0 Å². The van der Waals surface area contributed by atoms with Crippen molar-refractivity contribution in [3.63, 3.8) is 0 Å². The molecule has 7 nitrogen and oxygen atoms in total. The Morgan fingerprint density at radius 1 is 1.43 bits per heavy atom. The van der Waals surface area contributed by atoms with Gasteiger partial charge in [-0.3, -0.25) is 14.9 Å². The number of carbonyl (C=O) groups is 2. The summed E-state index contributed by atoms with van der Waals surface area (Å²) < 4.78 is 0. The average Bonchev–Trinajstić information content (AvgIpc) is 2.93. The first-order valence-corrected chi connectivity index (χ1v) is 6.52. The molecular weight excluding hydrogens is 290 g/mol. The van der Waals surface area contributed by atoms with E-state index in [1.165, 1.54) is 6.92 Å². The number of pyridine rings is 1. The zero-order valence-corrected chi connectivity index (χ0v) is 11.8. The van der Waals surface area contributed by atoms with Crippen LogP contribution in [0.25, 0.3) is 17.1 Å². The molecule has 4 N–H and O–H groups in total. The Bertz CT molecular complexity index is 808. The van der Waals surface area contributed by atoms with Crippen LogP contribution in [0, 0.1) is 0 Å². The Labute approximate surface area is 124 Å². The number of hydrogen-bond acceptors (Lipinski definition) is 4. The summed E-state index contributed by atoms with van der Waals surface area (Å²) >= 11 is 4.88. The van der Waals surface area contributed by atoms with Crippen molar-refractivity contribution in [3.8, 4) is 0 Å². The average molecular weight is 301 g/mol. The maximum absolute atomic E-state index is 11.6. The zero-order valence-electron chi connectivity index (χ0n) is 11.0. The molecule has 8 heteroatoms. The normalized spacial score (nSPS) is 16.1. The van der Waals surface area contributed by atoms with Crippen LogP contribution in [0.3, 0.4) is 0 Å². The monoisotopic (exact) mass is 301 g/mol. The lowest BCUT2D eigenvalue weighted by atomic mass is 10.2. The molecule has 0 bridgehead atoms. The molecule has 1 fully saturated rings. The molecule has 21 heavy (non-hydrogen) atoms. The Morgan fingerprint density at radius 2 is 2.24 bits per heavy atom. The van der Waals surface area contributed by atoms with Gasteiger partial charge in [-0.05, 0) is 24.4 Å². The summed E-state index contributed by atoms with van der Waals surface area (Å²) in [7, 11) is 0. The van der Waals surface area contributed by atoms with Gasteiger partial charge < -0.3 is 15.6 Å². The highest BCUT2D eigenvalue weighted by Crippen LogP contribution is 2.22. The van der Waals surface area contributed by atoms with E-state index in [-0.39, 0.29) is 16.9 Å². The van der Waals surface area contributed by atoms with E-state index in [2.05, 4.69) is 25.9 Å². The molecule has 3 heterocycles. The van der Waals surface area contributed by atoms with Gasteiger partial charge in [-0.25, -0.2) is 4.98 Å². The predicted molar refractivity (Wildman–Crippen MR) is 82.3 cm³/mol. The van der Waals surface area contributed by atoms with Crippen molar-refractivity contribution in [1.29, 1.82) is 0 Å². The molecule has 1 aliphatic rings. The number of fused-ring (bicyclic) bond motifs is 1. The van der Waals surface area contributed by atoms with Crippen LogP contribution in [0.5, 0.6) is 0 Å². The summed E-state index contributed by atoms with van der Waals surface area (Å²) in [6.45, 7) is 1.43. The lowest BCUT2D eigenvalue weighted by molar-refractivity contribution is -0.115. The van der Waals surface area contributed by atoms with E-state index in [1.807, 2.05) is 0 Å². The molecule has 2 aromatic heterocycles. The quantitative estimate of drug-likeness (QED) is 0.487. The Morgan fingerprint density at radius 3 is 2.90 bits per heavy atom. The number of amides is 2. The first-order valence-electron chi connectivity index (χ1n) is 6.11. The Hall–Kier alpha value is -2.74. The highest BCUT2D eigenvalue weighted by Gasteiger charge is 2.20. The fourth-order valence-electron chi connectivity index (χ4n) is 2.05. The number of aromatic amines is 1. The third kappa shape index (κ3) is 2.61. The van der Waals surface area contributed by atoms with Gasteiger partial charge in [-0.2, -0.15) is 0 Å². The smallest absolute Gasteiger partial charge is 0.273 e. The van der Waals surface area contributed by atoms with Crippen LogP contribution in [0.15, 0.2) is 24.2 Å². The van der Waals surface area contributed by atoms with Crippen LogP contribution in [0.4, 0.5) is 5.69 Å². The molecule has 0 spiro atoms. The number of H-pyrrole nitrogens is 1. The first kappa shape index (κ1) is 13.3. The Balaban J connectivity index is 2.03. The summed E-state index contributed by atoms with van der Waals surface area (Å²) in [6.07, 6.45) is 4.97. The van der Waals surface area contributed by atoms with Gasteiger partial charge in [0.25, 0.3) is 5.91 Å². The minimum Gasteiger partial charge on any atom is -0.346 e. The van der Waals surface area contributed by atoms with E-state index in [4.69, 9.17) is 12.2 Å². The maximum atomic E-state index is 11.6. The van der Waals surface area contributed by atoms with E-state index in [0.29, 0.717) is 17.0 Å². The molecule has 3 rings (SSSR count). The molecule has 0 aliphatic carbocycles. The van der Waals surface area contributed by atoms with E-state index in [0.717, 1.165) is 10.9 Å². The van der Waals surface area contributed by atoms with Crippen LogP contribution in [-0.4, -0.2) is 26.9 Å². The van der Waals surface area contributed by atoms with Crippen molar-refractivity contribution in [1.82, 2.24) is 20.6 Å². The standard InChI is InChI=1S/C13H11N5O2S/c1-6(19)16-8-3-9-7(4-14-11(9)15-5-8)2-10-12(20)18-13(21)17-10/h2-5H,1H3,(H,14,15)(H,16,19)(H2,17,18,20,21). The van der Waals surface area contributed by atoms with Crippen LogP contribution >= 0.6 is 12.2 Å². The van der Waals surface area contributed by atoms with Crippen molar-refractivity contribution in [3.05, 3.63) is 29.7 Å². The van der Waals surface area contributed by atoms with Gasteiger partial charge in [0.05, 0.1) is 11.9 Å². The number of carbonyl (C=O) groups excluding carboxylic acids is 2. The van der Waals surface area contributed by atoms with Crippen molar-refractivity contribution < 1.29 is 9.59 Å². The number of nitrogens with one attached hydrogen (secondary N) is 4. The Kier molecular flexibility index (Phi) is 3.15. The molecule has 106 valence electrons. The van der Waals surface area contributed by atoms with Gasteiger partial charge in [-0.15, -0.1) is 0 Å². The van der Waals surface area contributed by atoms with Crippen LogP contribution in [0.2, 0.25) is 0 Å². The SMILES string of the molecule is CC(=O)Nc1cnc2[nH]cc(C=C3NC(=S)NC3=O)c2c1. The molecule has 1 saturated heterocycles. The molecule has 1 aliphatic heterocycles. The third-order valence-electron chi connectivity index (χ3n) is 2.90. The summed E-state index contributed by atoms with van der Waals surface area (Å²) in [5, 5.41) is 9.02. The molecule has 0 radical (unpaired) electrons. The highest BCUT2D eigenvalue weighted by molar-refractivity contribution is 7.80. The van der Waals surface area contributed by atoms with E-state index < -0.39 is 0 Å². The fourth-order valence-corrected chi connectivity index (χ4v) is 2.26. The lowest BCUT2D eigenvalue weighted by Gasteiger charge is -2.01. The summed E-state index contributed by atoms with van der Waals surface area (Å²) in [5.41, 5.74) is 2.39. The van der Waals surface area contributed by atoms with Gasteiger partial charge in [0.15, 0.2) is 5.11 Å². The van der Waals surface area contributed by atoms with Crippen molar-refractivity contribution in [2.75, 3.05) is 5.32 Å². The molecule has 0 aromatic carbocycles. The minimum absolute atomic E-state index is 0.172. The van der Waals surface area contributed by atoms with Gasteiger partial charge in [-0.1, -0.05) is 0 Å². The van der Waals surface area contributed by atoms with Gasteiger partial charge in [0, 0.05) is 24.1 Å². The third-order valence-corrected chi connectivity index (χ3v) is 3.11. The van der Waals surface area contributed by atoms with E-state index in [9.17, 15) is 9.59 Å². The number of aromatic nitrogens is 2. The largest absolute Gasteiger partial charge is 0.346 e. The number of thiocarbonyl (C=S) groups is 1. The fraction of sp³-hybridized carbons (Fsp3) is 0.0769. The zero-order chi connectivity index (χ0) is 15.0. The number of nitrogens with zero attached hydrogens (tertiary/aromatic N) is 1. The lowest BCUT2D eigenvalue weighted by Crippen LogP contribution is -2.21. The van der Waals surface area contributed by atoms with Gasteiger partial charge >= 0.3 is 0 Å². The summed E-state index contributed by atoms with van der Waals surface area (Å²) in [5.74, 6) is -0.450. The molecule has 0 atom stereocenters. The highest BCUT2D eigenvalue weighted by atomic mass is 32.1. The van der Waals surface area contributed by atoms with Crippen molar-refractivity contribution >= 4 is 51.9 Å². The molecule has 0 saturated carbocycles. The second-order valence-corrected chi connectivity index (χ2v) is 4.92. The number of hydrogen-bond donors (Lipinski definition) is 4. The second kappa shape index (κ2) is 4.98. The molecule has 2 amide bonds. The van der Waals surface area contributed by atoms with Crippen molar-refractivity contribution in [2.45, 2.75) is 6.92 Å². The van der Waals surface area contributed by atoms with Crippen LogP contribution < -0.4 is 16.0 Å². The number of anilines is 1. The number of rotatable bonds is 2. The predicted octanol–water partition coefficient (Wildman–Crippen LogP) is 0.866. The maximum Gasteiger partial charge on any atom is 0.273 e.